The van der Waals surface area contributed by atoms with E-state index in [1.54, 1.807) is 0 Å². The van der Waals surface area contributed by atoms with Gasteiger partial charge in [0.2, 0.25) is 0 Å². The number of hydrogen-bond donors (Lipinski definition) is 1. The van der Waals surface area contributed by atoms with Crippen molar-refractivity contribution in [1.82, 2.24) is 24.8 Å². The molecule has 2 rings (SSSR count). The molecule has 74 valence electrons. The van der Waals surface area contributed by atoms with Crippen molar-refractivity contribution >= 4 is 0 Å². The maximum atomic E-state index is 5.38. The largest absolute Gasteiger partial charge is 0.353 e. The van der Waals surface area contributed by atoms with Gasteiger partial charge in [0.25, 0.3) is 0 Å². The highest BCUT2D eigenvalue weighted by Crippen LogP contribution is 2.00. The van der Waals surface area contributed by atoms with E-state index in [2.05, 4.69) is 15.4 Å². The van der Waals surface area contributed by atoms with E-state index >= 15 is 0 Å². The molecule has 0 fully saturated rings. The summed E-state index contributed by atoms with van der Waals surface area (Å²) in [5, 5.41) is 11.8. The summed E-state index contributed by atoms with van der Waals surface area (Å²) < 4.78 is 2.02. The lowest BCUT2D eigenvalue weighted by Crippen LogP contribution is -2.08. The van der Waals surface area contributed by atoms with Crippen LogP contribution in [0.4, 0.5) is 0 Å². The standard InChI is InChI=1S/C8H12N6/c1-13-4-2-3-7(13)6-14-11-8(5-9)10-12-14/h2-4H,5-6,9H2,1H3. The molecule has 0 atom stereocenters. The summed E-state index contributed by atoms with van der Waals surface area (Å²) in [6.45, 7) is 0.948. The van der Waals surface area contributed by atoms with Gasteiger partial charge in [0, 0.05) is 18.9 Å². The van der Waals surface area contributed by atoms with Gasteiger partial charge in [-0.25, -0.2) is 0 Å². The molecule has 0 aliphatic carbocycles. The number of rotatable bonds is 3. The van der Waals surface area contributed by atoms with Crippen LogP contribution in [0, 0.1) is 0 Å². The fourth-order valence-corrected chi connectivity index (χ4v) is 1.23. The van der Waals surface area contributed by atoms with Crippen LogP contribution in [0.25, 0.3) is 0 Å². The third-order valence-corrected chi connectivity index (χ3v) is 2.03. The summed E-state index contributed by atoms with van der Waals surface area (Å²) in [6, 6.07) is 4.00. The molecule has 0 aliphatic heterocycles. The van der Waals surface area contributed by atoms with Crippen LogP contribution in [-0.2, 0) is 20.1 Å². The fraction of sp³-hybridized carbons (Fsp3) is 0.375. The Bertz CT molecular complexity index is 415. The van der Waals surface area contributed by atoms with Crippen LogP contribution in [0.5, 0.6) is 0 Å². The molecule has 0 saturated heterocycles. The van der Waals surface area contributed by atoms with Crippen molar-refractivity contribution in [2.24, 2.45) is 12.8 Å². The van der Waals surface area contributed by atoms with E-state index in [0.717, 1.165) is 5.69 Å². The van der Waals surface area contributed by atoms with Gasteiger partial charge < -0.3 is 10.3 Å². The van der Waals surface area contributed by atoms with Gasteiger partial charge in [0.05, 0.1) is 6.54 Å². The molecule has 2 aromatic rings. The molecule has 0 saturated carbocycles. The second-order valence-corrected chi connectivity index (χ2v) is 3.05. The molecule has 0 amide bonds. The molecule has 0 aliphatic rings. The first kappa shape index (κ1) is 8.89. The molecule has 0 radical (unpaired) electrons. The maximum absolute atomic E-state index is 5.38. The summed E-state index contributed by atoms with van der Waals surface area (Å²) >= 11 is 0. The van der Waals surface area contributed by atoms with Crippen LogP contribution >= 0.6 is 0 Å². The van der Waals surface area contributed by atoms with Crippen LogP contribution in [0.3, 0.4) is 0 Å². The normalized spacial score (nSPS) is 10.7. The van der Waals surface area contributed by atoms with E-state index in [0.29, 0.717) is 18.9 Å². The van der Waals surface area contributed by atoms with Gasteiger partial charge in [-0.3, -0.25) is 0 Å². The number of tetrazole rings is 1. The number of nitrogens with two attached hydrogens (primary N) is 1. The minimum Gasteiger partial charge on any atom is -0.353 e. The lowest BCUT2D eigenvalue weighted by atomic mass is 10.4. The van der Waals surface area contributed by atoms with E-state index in [1.165, 1.54) is 4.80 Å². The van der Waals surface area contributed by atoms with Gasteiger partial charge in [-0.15, -0.1) is 10.2 Å². The van der Waals surface area contributed by atoms with Crippen LogP contribution < -0.4 is 5.73 Å². The quantitative estimate of drug-likeness (QED) is 0.712. The smallest absolute Gasteiger partial charge is 0.188 e. The predicted octanol–water partition coefficient (Wildman–Crippen LogP) is -0.481. The van der Waals surface area contributed by atoms with Crippen molar-refractivity contribution in [3.63, 3.8) is 0 Å². The van der Waals surface area contributed by atoms with Crippen molar-refractivity contribution in [1.29, 1.82) is 0 Å². The zero-order chi connectivity index (χ0) is 9.97. The molecule has 0 bridgehead atoms. The van der Waals surface area contributed by atoms with Crippen LogP contribution in [-0.4, -0.2) is 24.8 Å². The van der Waals surface area contributed by atoms with Crippen LogP contribution in [0.2, 0.25) is 0 Å². The van der Waals surface area contributed by atoms with Crippen molar-refractivity contribution in [3.8, 4) is 0 Å². The molecule has 6 nitrogen and oxygen atoms in total. The van der Waals surface area contributed by atoms with E-state index in [4.69, 9.17) is 5.73 Å². The lowest BCUT2D eigenvalue weighted by molar-refractivity contribution is 0.551. The van der Waals surface area contributed by atoms with Crippen molar-refractivity contribution in [2.75, 3.05) is 0 Å². The van der Waals surface area contributed by atoms with E-state index < -0.39 is 0 Å². The highest BCUT2D eigenvalue weighted by Gasteiger charge is 2.02. The lowest BCUT2D eigenvalue weighted by Gasteiger charge is -2.00. The van der Waals surface area contributed by atoms with Crippen LogP contribution in [0.15, 0.2) is 18.3 Å². The Morgan fingerprint density at radius 2 is 2.36 bits per heavy atom. The average molecular weight is 192 g/mol. The van der Waals surface area contributed by atoms with E-state index in [9.17, 15) is 0 Å². The van der Waals surface area contributed by atoms with Crippen LogP contribution in [0.1, 0.15) is 11.5 Å². The first-order valence-electron chi connectivity index (χ1n) is 4.36. The summed E-state index contributed by atoms with van der Waals surface area (Å²) in [5.74, 6) is 0.569. The number of hydrogen-bond acceptors (Lipinski definition) is 4. The van der Waals surface area contributed by atoms with Gasteiger partial charge in [0.1, 0.15) is 6.54 Å². The zero-order valence-electron chi connectivity index (χ0n) is 7.96. The average Bonchev–Trinajstić information content (AvgIpc) is 2.77. The Labute approximate surface area is 81.3 Å². The number of aryl methyl sites for hydroxylation is 1. The van der Waals surface area contributed by atoms with Gasteiger partial charge in [-0.2, -0.15) is 4.80 Å². The molecule has 2 heterocycles. The molecule has 14 heavy (non-hydrogen) atoms. The van der Waals surface area contributed by atoms with Gasteiger partial charge >= 0.3 is 0 Å². The molecule has 6 heteroatoms. The first-order valence-corrected chi connectivity index (χ1v) is 4.36. The molecule has 0 unspecified atom stereocenters. The summed E-state index contributed by atoms with van der Waals surface area (Å²) in [7, 11) is 1.98. The predicted molar refractivity (Wildman–Crippen MR) is 50.2 cm³/mol. The zero-order valence-corrected chi connectivity index (χ0v) is 7.96. The second-order valence-electron chi connectivity index (χ2n) is 3.05. The van der Waals surface area contributed by atoms with Gasteiger partial charge in [0.15, 0.2) is 5.82 Å². The molecule has 0 spiro atoms. The van der Waals surface area contributed by atoms with E-state index in [1.807, 2.05) is 29.9 Å². The van der Waals surface area contributed by atoms with Gasteiger partial charge in [-0.05, 0) is 17.3 Å². The summed E-state index contributed by atoms with van der Waals surface area (Å²) in [4.78, 5) is 1.54. The Kier molecular flexibility index (Phi) is 2.28. The Balaban J connectivity index is 2.15. The van der Waals surface area contributed by atoms with Gasteiger partial charge in [-0.1, -0.05) is 0 Å². The third kappa shape index (κ3) is 1.64. The van der Waals surface area contributed by atoms with Crippen molar-refractivity contribution in [3.05, 3.63) is 29.8 Å². The maximum Gasteiger partial charge on any atom is 0.188 e. The third-order valence-electron chi connectivity index (χ3n) is 2.03. The Morgan fingerprint density at radius 3 is 2.93 bits per heavy atom. The number of aromatic nitrogens is 5. The first-order chi connectivity index (χ1) is 6.79. The van der Waals surface area contributed by atoms with Crippen molar-refractivity contribution in [2.45, 2.75) is 13.1 Å². The highest BCUT2D eigenvalue weighted by molar-refractivity contribution is 5.06. The minimum atomic E-state index is 0.327. The minimum absolute atomic E-state index is 0.327. The molecule has 0 aromatic carbocycles. The number of nitrogens with zero attached hydrogens (tertiary/aromatic N) is 5. The Morgan fingerprint density at radius 1 is 1.50 bits per heavy atom. The molecule has 2 aromatic heterocycles. The summed E-state index contributed by atoms with van der Waals surface area (Å²) in [5.41, 5.74) is 6.51. The topological polar surface area (TPSA) is 74.5 Å². The highest BCUT2D eigenvalue weighted by atomic mass is 15.6. The Hall–Kier alpha value is -1.69. The monoisotopic (exact) mass is 192 g/mol. The van der Waals surface area contributed by atoms with Crippen molar-refractivity contribution < 1.29 is 0 Å². The molecular weight excluding hydrogens is 180 g/mol. The molecular formula is C8H12N6. The second kappa shape index (κ2) is 3.59. The van der Waals surface area contributed by atoms with E-state index in [-0.39, 0.29) is 0 Å². The molecule has 2 N–H and O–H groups in total. The fourth-order valence-electron chi connectivity index (χ4n) is 1.23. The SMILES string of the molecule is Cn1cccc1Cn1nnc(CN)n1. The summed E-state index contributed by atoms with van der Waals surface area (Å²) in [6.07, 6.45) is 1.98.